The van der Waals surface area contributed by atoms with Gasteiger partial charge in [-0.05, 0) is 30.7 Å². The number of alkyl halides is 7. The van der Waals surface area contributed by atoms with Crippen molar-refractivity contribution in [3.05, 3.63) is 52.7 Å². The summed E-state index contributed by atoms with van der Waals surface area (Å²) >= 11 is 0.778. The van der Waals surface area contributed by atoms with E-state index in [0.717, 1.165) is 30.0 Å². The summed E-state index contributed by atoms with van der Waals surface area (Å²) < 4.78 is 94.4. The van der Waals surface area contributed by atoms with Gasteiger partial charge in [-0.25, -0.2) is 9.98 Å². The molecule has 5 nitrogen and oxygen atoms in total. The summed E-state index contributed by atoms with van der Waals surface area (Å²) in [6, 6.07) is 5.35. The Bertz CT molecular complexity index is 1180. The molecular weight excluding hydrogens is 467 g/mol. The molecule has 2 aliphatic heterocycles. The number of thioether (sulfide) groups is 1. The first-order valence-electron chi connectivity index (χ1n) is 8.79. The van der Waals surface area contributed by atoms with Gasteiger partial charge < -0.3 is 4.74 Å². The molecule has 2 aliphatic rings. The van der Waals surface area contributed by atoms with Gasteiger partial charge in [0, 0.05) is 11.1 Å². The number of carbonyl (C=O) groups is 1. The maximum atomic E-state index is 13.2. The van der Waals surface area contributed by atoms with Gasteiger partial charge in [0.2, 0.25) is 0 Å². The fourth-order valence-corrected chi connectivity index (χ4v) is 4.29. The molecule has 0 N–H and O–H groups in total. The lowest BCUT2D eigenvalue weighted by Gasteiger charge is -2.18. The lowest BCUT2D eigenvalue weighted by Crippen LogP contribution is -2.33. The number of aliphatic imine (C=N–C) groups is 2. The molecule has 0 radical (unpaired) electrons. The van der Waals surface area contributed by atoms with Crippen LogP contribution in [0.4, 0.5) is 30.7 Å². The molecule has 1 aromatic heterocycles. The summed E-state index contributed by atoms with van der Waals surface area (Å²) in [4.78, 5) is 24.2. The second kappa shape index (κ2) is 7.57. The molecular formula is C19H10F7N3O2S. The average molecular weight is 477 g/mol. The summed E-state index contributed by atoms with van der Waals surface area (Å²) in [5.74, 6) is -1.57. The Balaban J connectivity index is 1.72. The van der Waals surface area contributed by atoms with Crippen LogP contribution in [0.3, 0.4) is 0 Å². The van der Waals surface area contributed by atoms with Crippen molar-refractivity contribution in [2.24, 2.45) is 9.98 Å². The van der Waals surface area contributed by atoms with Crippen molar-refractivity contribution in [1.29, 1.82) is 0 Å². The van der Waals surface area contributed by atoms with Crippen molar-refractivity contribution in [2.75, 3.05) is 0 Å². The van der Waals surface area contributed by atoms with Crippen molar-refractivity contribution < 1.29 is 40.3 Å². The van der Waals surface area contributed by atoms with Crippen molar-refractivity contribution >= 4 is 29.2 Å². The standard InChI is InChI=1S/C19H10F7N3O2S/c1-7-5-10(18(22,23)24)27-16-11(7)12-13(32-16)15(30)29-14(28-12)8-3-2-4-9(6-8)31-19(25,26)17(20)21/h2-6,13,17H,1H3. The van der Waals surface area contributed by atoms with Crippen molar-refractivity contribution in [1.82, 2.24) is 4.98 Å². The maximum Gasteiger partial charge on any atom is 0.461 e. The first-order chi connectivity index (χ1) is 14.9. The van der Waals surface area contributed by atoms with E-state index in [4.69, 9.17) is 0 Å². The van der Waals surface area contributed by atoms with E-state index in [9.17, 15) is 35.5 Å². The molecule has 4 rings (SSSR count). The quantitative estimate of drug-likeness (QED) is 0.588. The zero-order chi connectivity index (χ0) is 23.4. The number of rotatable bonds is 4. The number of amides is 1. The SMILES string of the molecule is Cc1cc(C(F)(F)F)nc2c1C1=NC(c3cccc(OC(F)(F)C(F)F)c3)=NC(=O)C1S2. The van der Waals surface area contributed by atoms with Crippen LogP contribution >= 0.6 is 11.8 Å². The van der Waals surface area contributed by atoms with Crippen LogP contribution in [0, 0.1) is 6.92 Å². The molecule has 13 heteroatoms. The summed E-state index contributed by atoms with van der Waals surface area (Å²) in [5.41, 5.74) is -0.520. The highest BCUT2D eigenvalue weighted by atomic mass is 32.2. The zero-order valence-corrected chi connectivity index (χ0v) is 16.6. The Labute approximate surface area is 179 Å². The maximum absolute atomic E-state index is 13.2. The number of halogens is 7. The second-order valence-electron chi connectivity index (χ2n) is 6.76. The van der Waals surface area contributed by atoms with Gasteiger partial charge in [0.15, 0.2) is 5.84 Å². The summed E-state index contributed by atoms with van der Waals surface area (Å²) in [5, 5.41) is -1.04. The number of fused-ring (bicyclic) bond motifs is 3. The lowest BCUT2D eigenvalue weighted by molar-refractivity contribution is -0.253. The molecule has 2 aromatic rings. The number of hydrogen-bond acceptors (Lipinski definition) is 5. The Morgan fingerprint density at radius 2 is 1.81 bits per heavy atom. The lowest BCUT2D eigenvalue weighted by atomic mass is 10.0. The van der Waals surface area contributed by atoms with Gasteiger partial charge in [0.1, 0.15) is 21.7 Å². The van der Waals surface area contributed by atoms with E-state index < -0.39 is 41.3 Å². The second-order valence-corrected chi connectivity index (χ2v) is 7.86. The average Bonchev–Trinajstić information content (AvgIpc) is 3.07. The van der Waals surface area contributed by atoms with Crippen LogP contribution in [0.2, 0.25) is 0 Å². The van der Waals surface area contributed by atoms with E-state index in [1.54, 1.807) is 0 Å². The third-order valence-electron chi connectivity index (χ3n) is 4.47. The highest BCUT2D eigenvalue weighted by molar-refractivity contribution is 8.02. The monoisotopic (exact) mass is 477 g/mol. The fourth-order valence-electron chi connectivity index (χ4n) is 3.10. The van der Waals surface area contributed by atoms with Crippen LogP contribution in [0.1, 0.15) is 22.4 Å². The number of aryl methyl sites for hydroxylation is 1. The summed E-state index contributed by atoms with van der Waals surface area (Å²) in [6.07, 6.45) is -13.5. The minimum atomic E-state index is -4.74. The zero-order valence-electron chi connectivity index (χ0n) is 15.8. The van der Waals surface area contributed by atoms with Crippen LogP contribution in [0.5, 0.6) is 5.75 Å². The van der Waals surface area contributed by atoms with Gasteiger partial charge in [-0.2, -0.15) is 35.7 Å². The molecule has 32 heavy (non-hydrogen) atoms. The molecule has 0 fully saturated rings. The number of nitrogens with zero attached hydrogens (tertiary/aromatic N) is 3. The molecule has 1 aromatic carbocycles. The van der Waals surface area contributed by atoms with Crippen molar-refractivity contribution in [3.8, 4) is 5.75 Å². The van der Waals surface area contributed by atoms with Crippen LogP contribution in [0.15, 0.2) is 45.3 Å². The van der Waals surface area contributed by atoms with Crippen molar-refractivity contribution in [3.63, 3.8) is 0 Å². The molecule has 0 saturated heterocycles. The smallest absolute Gasteiger partial charge is 0.428 e. The predicted molar refractivity (Wildman–Crippen MR) is 99.7 cm³/mol. The molecule has 0 spiro atoms. The van der Waals surface area contributed by atoms with Crippen LogP contribution < -0.4 is 4.74 Å². The largest absolute Gasteiger partial charge is 0.461 e. The number of hydrogen-bond donors (Lipinski definition) is 0. The van der Waals surface area contributed by atoms with Crippen LogP contribution in [0.25, 0.3) is 0 Å². The van der Waals surface area contributed by atoms with Gasteiger partial charge in [0.25, 0.3) is 5.91 Å². The third-order valence-corrected chi connectivity index (χ3v) is 5.65. The fraction of sp³-hybridized carbons (Fsp3) is 0.263. The van der Waals surface area contributed by atoms with Gasteiger partial charge in [0.05, 0.1) is 5.71 Å². The van der Waals surface area contributed by atoms with Gasteiger partial charge >= 0.3 is 18.7 Å². The number of carbonyl (C=O) groups excluding carboxylic acids is 1. The number of ether oxygens (including phenoxy) is 1. The Morgan fingerprint density at radius 1 is 1.09 bits per heavy atom. The molecule has 0 saturated carbocycles. The van der Waals surface area contributed by atoms with E-state index in [-0.39, 0.29) is 33.3 Å². The minimum absolute atomic E-state index is 0.0165. The molecule has 3 heterocycles. The van der Waals surface area contributed by atoms with E-state index >= 15 is 0 Å². The summed E-state index contributed by atoms with van der Waals surface area (Å²) in [6.45, 7) is 1.41. The summed E-state index contributed by atoms with van der Waals surface area (Å²) in [7, 11) is 0. The number of aromatic nitrogens is 1. The van der Waals surface area contributed by atoms with E-state index in [0.29, 0.717) is 0 Å². The number of amidine groups is 1. The number of pyridine rings is 1. The Kier molecular flexibility index (Phi) is 5.26. The molecule has 0 aliphatic carbocycles. The molecule has 1 amide bonds. The van der Waals surface area contributed by atoms with Crippen LogP contribution in [-0.4, -0.2) is 40.2 Å². The topological polar surface area (TPSA) is 63.9 Å². The van der Waals surface area contributed by atoms with E-state index in [1.165, 1.54) is 19.1 Å². The normalized spacial score (nSPS) is 18.3. The van der Waals surface area contributed by atoms with Gasteiger partial charge in [-0.15, -0.1) is 0 Å². The third kappa shape index (κ3) is 3.96. The Hall–Kier alpha value is -2.96. The molecule has 0 bridgehead atoms. The molecule has 168 valence electrons. The molecule has 1 unspecified atom stereocenters. The first-order valence-corrected chi connectivity index (χ1v) is 9.67. The minimum Gasteiger partial charge on any atom is -0.428 e. The van der Waals surface area contributed by atoms with E-state index in [1.807, 2.05) is 0 Å². The van der Waals surface area contributed by atoms with Crippen molar-refractivity contribution in [2.45, 2.75) is 35.9 Å². The van der Waals surface area contributed by atoms with Gasteiger partial charge in [-0.3, -0.25) is 4.79 Å². The Morgan fingerprint density at radius 3 is 2.47 bits per heavy atom. The highest BCUT2D eigenvalue weighted by Crippen LogP contribution is 2.42. The van der Waals surface area contributed by atoms with E-state index in [2.05, 4.69) is 19.7 Å². The highest BCUT2D eigenvalue weighted by Gasteiger charge is 2.45. The predicted octanol–water partition coefficient (Wildman–Crippen LogP) is 4.90. The molecule has 1 atom stereocenters. The van der Waals surface area contributed by atoms with Gasteiger partial charge in [-0.1, -0.05) is 23.9 Å². The number of benzene rings is 1. The van der Waals surface area contributed by atoms with Crippen LogP contribution in [-0.2, 0) is 11.0 Å². The first kappa shape index (κ1) is 22.2.